The largest absolute Gasteiger partial charge is 0.371 e. The minimum Gasteiger partial charge on any atom is -0.371 e. The van der Waals surface area contributed by atoms with E-state index in [1.807, 2.05) is 13.0 Å². The van der Waals surface area contributed by atoms with Gasteiger partial charge in [-0.2, -0.15) is 0 Å². The van der Waals surface area contributed by atoms with Crippen LogP contribution in [0.2, 0.25) is 0 Å². The van der Waals surface area contributed by atoms with Crippen LogP contribution in [0.4, 0.5) is 0 Å². The fourth-order valence-electron chi connectivity index (χ4n) is 2.05. The zero-order valence-corrected chi connectivity index (χ0v) is 13.5. The quantitative estimate of drug-likeness (QED) is 0.784. The van der Waals surface area contributed by atoms with Crippen LogP contribution in [0, 0.1) is 0 Å². The summed E-state index contributed by atoms with van der Waals surface area (Å²) >= 11 is 1.80. The number of hydrogen-bond acceptors (Lipinski definition) is 4. The van der Waals surface area contributed by atoms with Crippen molar-refractivity contribution in [2.24, 2.45) is 0 Å². The molecule has 1 aromatic heterocycles. The van der Waals surface area contributed by atoms with Crippen molar-refractivity contribution in [1.29, 1.82) is 0 Å². The molecule has 5 heteroatoms. The van der Waals surface area contributed by atoms with E-state index in [1.54, 1.807) is 11.9 Å². The van der Waals surface area contributed by atoms with Crippen LogP contribution < -0.4 is 0 Å². The molecule has 0 spiro atoms. The van der Waals surface area contributed by atoms with E-state index in [0.717, 1.165) is 29.2 Å². The van der Waals surface area contributed by atoms with Gasteiger partial charge in [0.25, 0.3) is 0 Å². The number of rotatable bonds is 7. The van der Waals surface area contributed by atoms with Crippen LogP contribution in [-0.2, 0) is 4.74 Å². The summed E-state index contributed by atoms with van der Waals surface area (Å²) in [5.74, 6) is 2.02. The van der Waals surface area contributed by atoms with Crippen LogP contribution in [0.25, 0.3) is 11.0 Å². The number of nitrogens with zero attached hydrogens (tertiary/aromatic N) is 3. The highest BCUT2D eigenvalue weighted by Gasteiger charge is 2.17. The average molecular weight is 293 g/mol. The first-order valence-electron chi connectivity index (χ1n) is 7.00. The maximum absolute atomic E-state index is 5.72. The number of fused-ring (bicyclic) bond motifs is 1. The van der Waals surface area contributed by atoms with Crippen LogP contribution in [0.1, 0.15) is 25.8 Å². The predicted octanol–water partition coefficient (Wildman–Crippen LogP) is 3.19. The molecule has 20 heavy (non-hydrogen) atoms. The van der Waals surface area contributed by atoms with Gasteiger partial charge in [-0.05, 0) is 52.0 Å². The van der Waals surface area contributed by atoms with Crippen LogP contribution in [-0.4, -0.2) is 46.9 Å². The molecule has 0 saturated heterocycles. The number of ether oxygens (including phenoxy) is 1. The molecule has 0 aliphatic rings. The molecule has 2 rings (SSSR count). The second-order valence-corrected chi connectivity index (χ2v) is 6.02. The molecule has 0 aliphatic heterocycles. The van der Waals surface area contributed by atoms with E-state index < -0.39 is 0 Å². The van der Waals surface area contributed by atoms with Crippen LogP contribution in [0.5, 0.6) is 0 Å². The Morgan fingerprint density at radius 1 is 1.35 bits per heavy atom. The van der Waals surface area contributed by atoms with Crippen molar-refractivity contribution in [3.05, 3.63) is 30.1 Å². The summed E-state index contributed by atoms with van der Waals surface area (Å²) in [4.78, 5) is 6.92. The van der Waals surface area contributed by atoms with Gasteiger partial charge in [-0.25, -0.2) is 4.98 Å². The summed E-state index contributed by atoms with van der Waals surface area (Å²) in [6.45, 7) is 5.82. The maximum Gasteiger partial charge on any atom is 0.149 e. The zero-order valence-electron chi connectivity index (χ0n) is 12.7. The summed E-state index contributed by atoms with van der Waals surface area (Å²) in [6, 6.07) is 8.26. The fraction of sp³-hybridized carbons (Fsp3) is 0.533. The van der Waals surface area contributed by atoms with E-state index in [2.05, 4.69) is 48.1 Å². The van der Waals surface area contributed by atoms with Gasteiger partial charge in [0.05, 0.1) is 11.0 Å². The maximum atomic E-state index is 5.72. The van der Waals surface area contributed by atoms with Gasteiger partial charge in [0.15, 0.2) is 0 Å². The normalized spacial score (nSPS) is 13.2. The predicted molar refractivity (Wildman–Crippen MR) is 86.2 cm³/mol. The molecule has 0 amide bonds. The van der Waals surface area contributed by atoms with Gasteiger partial charge in [0.1, 0.15) is 11.9 Å². The summed E-state index contributed by atoms with van der Waals surface area (Å²) < 4.78 is 7.94. The molecule has 0 N–H and O–H groups in total. The Hall–Kier alpha value is -1.04. The molecule has 0 saturated carbocycles. The molecule has 1 unspecified atom stereocenters. The number of aromatic nitrogens is 2. The average Bonchev–Trinajstić information content (AvgIpc) is 2.78. The van der Waals surface area contributed by atoms with Crippen LogP contribution in [0.15, 0.2) is 24.3 Å². The van der Waals surface area contributed by atoms with Gasteiger partial charge in [0.2, 0.25) is 0 Å². The second kappa shape index (κ2) is 7.11. The van der Waals surface area contributed by atoms with Crippen molar-refractivity contribution in [3.8, 4) is 0 Å². The second-order valence-electron chi connectivity index (χ2n) is 4.99. The highest BCUT2D eigenvalue weighted by atomic mass is 32.2. The lowest BCUT2D eigenvalue weighted by atomic mass is 10.3. The molecular formula is C15H23N3OS. The molecule has 110 valence electrons. The third-order valence-electron chi connectivity index (χ3n) is 3.08. The minimum atomic E-state index is 0.0132. The summed E-state index contributed by atoms with van der Waals surface area (Å²) in [6.07, 6.45) is 0.0132. The Morgan fingerprint density at radius 2 is 2.10 bits per heavy atom. The van der Waals surface area contributed by atoms with Gasteiger partial charge >= 0.3 is 0 Å². The Kier molecular flexibility index (Phi) is 5.46. The lowest BCUT2D eigenvalue weighted by molar-refractivity contribution is 0.0702. The Balaban J connectivity index is 2.29. The van der Waals surface area contributed by atoms with Crippen molar-refractivity contribution in [2.45, 2.75) is 20.0 Å². The number of imidazole rings is 1. The number of para-hydroxylation sites is 2. The smallest absolute Gasteiger partial charge is 0.149 e. The topological polar surface area (TPSA) is 30.3 Å². The van der Waals surface area contributed by atoms with E-state index >= 15 is 0 Å². The van der Waals surface area contributed by atoms with Crippen molar-refractivity contribution in [2.75, 3.05) is 33.0 Å². The first-order chi connectivity index (χ1) is 9.63. The van der Waals surface area contributed by atoms with Crippen molar-refractivity contribution in [1.82, 2.24) is 13.9 Å². The lowest BCUT2D eigenvalue weighted by Gasteiger charge is -2.15. The standard InChI is InChI=1S/C15H23N3OS/c1-5-19-12(2)15-16-13-8-6-7-9-14(13)18(15)20-11-10-17(3)4/h6-9,12H,5,10-11H2,1-4H3. The Morgan fingerprint density at radius 3 is 2.80 bits per heavy atom. The molecule has 2 aromatic rings. The van der Waals surface area contributed by atoms with Crippen molar-refractivity contribution >= 4 is 23.0 Å². The van der Waals surface area contributed by atoms with E-state index in [-0.39, 0.29) is 6.10 Å². The molecule has 1 atom stereocenters. The number of benzene rings is 1. The highest BCUT2D eigenvalue weighted by molar-refractivity contribution is 7.98. The Bertz CT molecular complexity index is 553. The van der Waals surface area contributed by atoms with E-state index in [0.29, 0.717) is 6.61 Å². The first kappa shape index (κ1) is 15.4. The molecule has 0 aliphatic carbocycles. The molecular weight excluding hydrogens is 270 g/mol. The van der Waals surface area contributed by atoms with Crippen LogP contribution >= 0.6 is 11.9 Å². The van der Waals surface area contributed by atoms with E-state index in [4.69, 9.17) is 9.72 Å². The molecule has 1 heterocycles. The SMILES string of the molecule is CCOC(C)c1nc2ccccc2n1SCCN(C)C. The van der Waals surface area contributed by atoms with Gasteiger partial charge in [-0.15, -0.1) is 0 Å². The Labute approximate surface area is 125 Å². The first-order valence-corrected chi connectivity index (χ1v) is 7.94. The molecule has 0 radical (unpaired) electrons. The molecule has 0 fully saturated rings. The lowest BCUT2D eigenvalue weighted by Crippen LogP contribution is -2.16. The monoisotopic (exact) mass is 293 g/mol. The summed E-state index contributed by atoms with van der Waals surface area (Å²) in [5.41, 5.74) is 2.20. The van der Waals surface area contributed by atoms with Crippen molar-refractivity contribution in [3.63, 3.8) is 0 Å². The van der Waals surface area contributed by atoms with Gasteiger partial charge in [0, 0.05) is 18.9 Å². The van der Waals surface area contributed by atoms with E-state index in [1.165, 1.54) is 0 Å². The van der Waals surface area contributed by atoms with E-state index in [9.17, 15) is 0 Å². The number of hydrogen-bond donors (Lipinski definition) is 0. The third-order valence-corrected chi connectivity index (χ3v) is 4.09. The summed E-state index contributed by atoms with van der Waals surface area (Å²) in [5, 5.41) is 0. The highest BCUT2D eigenvalue weighted by Crippen LogP contribution is 2.27. The van der Waals surface area contributed by atoms with Gasteiger partial charge < -0.3 is 9.64 Å². The van der Waals surface area contributed by atoms with Gasteiger partial charge in [-0.1, -0.05) is 12.1 Å². The minimum absolute atomic E-state index is 0.0132. The molecule has 0 bridgehead atoms. The molecule has 1 aromatic carbocycles. The summed E-state index contributed by atoms with van der Waals surface area (Å²) in [7, 11) is 4.19. The van der Waals surface area contributed by atoms with Crippen molar-refractivity contribution < 1.29 is 4.74 Å². The van der Waals surface area contributed by atoms with Gasteiger partial charge in [-0.3, -0.25) is 3.97 Å². The van der Waals surface area contributed by atoms with Crippen LogP contribution in [0.3, 0.4) is 0 Å². The fourth-order valence-corrected chi connectivity index (χ4v) is 3.30. The zero-order chi connectivity index (χ0) is 14.5. The third kappa shape index (κ3) is 3.53. The molecule has 4 nitrogen and oxygen atoms in total.